The molecule has 80 valence electrons. The molecule has 0 radical (unpaired) electrons. The number of carboxylic acids is 1. The molecule has 1 atom stereocenters. The van der Waals surface area contributed by atoms with Gasteiger partial charge in [0.25, 0.3) is 0 Å². The molecule has 1 unspecified atom stereocenters. The molecule has 1 rings (SSSR count). The van der Waals surface area contributed by atoms with E-state index >= 15 is 0 Å². The Bertz CT molecular complexity index is 351. The Morgan fingerprint density at radius 3 is 2.27 bits per heavy atom. The molecule has 0 fully saturated rings. The maximum absolute atomic E-state index is 11.0. The smallest absolute Gasteiger partial charge is 0.315 e. The van der Waals surface area contributed by atoms with Gasteiger partial charge in [0, 0.05) is 0 Å². The van der Waals surface area contributed by atoms with E-state index in [2.05, 4.69) is 6.58 Å². The van der Waals surface area contributed by atoms with E-state index in [0.717, 1.165) is 5.56 Å². The molecule has 1 aromatic carbocycles. The lowest BCUT2D eigenvalue weighted by Gasteiger charge is -2.12. The Balaban J connectivity index is 3.02. The van der Waals surface area contributed by atoms with Gasteiger partial charge in [0.1, 0.15) is 11.7 Å². The van der Waals surface area contributed by atoms with E-state index in [1.807, 2.05) is 0 Å². The van der Waals surface area contributed by atoms with Crippen LogP contribution >= 0.6 is 0 Å². The van der Waals surface area contributed by atoms with Gasteiger partial charge >= 0.3 is 5.97 Å². The van der Waals surface area contributed by atoms with Gasteiger partial charge in [-0.3, -0.25) is 4.79 Å². The fraction of sp³-hybridized carbons (Fsp3) is 0.250. The Morgan fingerprint density at radius 2 is 1.93 bits per heavy atom. The Hall–Kier alpha value is -1.77. The maximum atomic E-state index is 11.0. The third kappa shape index (κ3) is 2.59. The van der Waals surface area contributed by atoms with E-state index in [9.17, 15) is 4.79 Å². The van der Waals surface area contributed by atoms with Crippen molar-refractivity contribution in [3.63, 3.8) is 0 Å². The molecule has 0 saturated carbocycles. The van der Waals surface area contributed by atoms with Crippen molar-refractivity contribution < 1.29 is 14.6 Å². The largest absolute Gasteiger partial charge is 0.497 e. The molecule has 1 aromatic rings. The molecule has 0 aliphatic rings. The first-order chi connectivity index (χ1) is 7.06. The van der Waals surface area contributed by atoms with Crippen LogP contribution in [0.2, 0.25) is 0 Å². The highest BCUT2D eigenvalue weighted by molar-refractivity contribution is 5.79. The fourth-order valence-electron chi connectivity index (χ4n) is 1.43. The first kappa shape index (κ1) is 11.3. The molecular weight excluding hydrogens is 192 g/mol. The molecule has 0 aliphatic heterocycles. The lowest BCUT2D eigenvalue weighted by atomic mass is 9.93. The van der Waals surface area contributed by atoms with Crippen molar-refractivity contribution in [2.45, 2.75) is 12.8 Å². The zero-order chi connectivity index (χ0) is 11.4. The third-order valence-electron chi connectivity index (χ3n) is 2.19. The van der Waals surface area contributed by atoms with E-state index in [1.54, 1.807) is 38.3 Å². The number of benzene rings is 1. The van der Waals surface area contributed by atoms with Crippen LogP contribution in [0.1, 0.15) is 18.4 Å². The molecule has 3 nitrogen and oxygen atoms in total. The van der Waals surface area contributed by atoms with Crippen molar-refractivity contribution in [3.8, 4) is 5.75 Å². The second-order valence-corrected chi connectivity index (χ2v) is 3.39. The van der Waals surface area contributed by atoms with Crippen molar-refractivity contribution in [1.29, 1.82) is 0 Å². The highest BCUT2D eigenvalue weighted by Crippen LogP contribution is 2.25. The number of hydrogen-bond donors (Lipinski definition) is 1. The van der Waals surface area contributed by atoms with Crippen molar-refractivity contribution in [2.75, 3.05) is 7.11 Å². The summed E-state index contributed by atoms with van der Waals surface area (Å²) < 4.78 is 5.00. The van der Waals surface area contributed by atoms with E-state index in [0.29, 0.717) is 11.3 Å². The van der Waals surface area contributed by atoms with Crippen LogP contribution in [-0.2, 0) is 4.79 Å². The van der Waals surface area contributed by atoms with Crippen LogP contribution in [0.25, 0.3) is 0 Å². The van der Waals surface area contributed by atoms with Crippen LogP contribution in [0.15, 0.2) is 36.4 Å². The topological polar surface area (TPSA) is 46.5 Å². The minimum atomic E-state index is -0.882. The first-order valence-corrected chi connectivity index (χ1v) is 4.58. The SMILES string of the molecule is C=C(C)C(C(=O)O)c1ccc(OC)cc1. The standard InChI is InChI=1S/C12H14O3/c1-8(2)11(12(13)14)9-4-6-10(15-3)7-5-9/h4-7,11H,1H2,2-3H3,(H,13,14). The summed E-state index contributed by atoms with van der Waals surface area (Å²) >= 11 is 0. The number of carboxylic acid groups (broad SMARTS) is 1. The molecule has 0 amide bonds. The Labute approximate surface area is 89.0 Å². The van der Waals surface area contributed by atoms with Gasteiger partial charge in [0.05, 0.1) is 7.11 Å². The van der Waals surface area contributed by atoms with Crippen LogP contribution in [0.3, 0.4) is 0 Å². The lowest BCUT2D eigenvalue weighted by Crippen LogP contribution is -2.12. The molecule has 0 saturated heterocycles. The highest BCUT2D eigenvalue weighted by Gasteiger charge is 2.20. The number of aliphatic carboxylic acids is 1. The summed E-state index contributed by atoms with van der Waals surface area (Å²) in [5.74, 6) is -0.812. The predicted octanol–water partition coefficient (Wildman–Crippen LogP) is 2.44. The average molecular weight is 206 g/mol. The van der Waals surface area contributed by atoms with Gasteiger partial charge in [-0.1, -0.05) is 24.3 Å². The summed E-state index contributed by atoms with van der Waals surface area (Å²) in [6.45, 7) is 5.39. The molecule has 0 aliphatic carbocycles. The van der Waals surface area contributed by atoms with E-state index in [1.165, 1.54) is 0 Å². The van der Waals surface area contributed by atoms with Crippen molar-refractivity contribution in [2.24, 2.45) is 0 Å². The Kier molecular flexibility index (Phi) is 3.50. The molecule has 0 heterocycles. The molecule has 1 N–H and O–H groups in total. The summed E-state index contributed by atoms with van der Waals surface area (Å²) in [5.41, 5.74) is 1.34. The normalized spacial score (nSPS) is 11.9. The molecule has 0 aromatic heterocycles. The van der Waals surface area contributed by atoms with Crippen molar-refractivity contribution in [3.05, 3.63) is 42.0 Å². The monoisotopic (exact) mass is 206 g/mol. The summed E-state index contributed by atoms with van der Waals surface area (Å²) in [6.07, 6.45) is 0. The van der Waals surface area contributed by atoms with E-state index in [4.69, 9.17) is 9.84 Å². The summed E-state index contributed by atoms with van der Waals surface area (Å²) in [5, 5.41) is 9.03. The van der Waals surface area contributed by atoms with Crippen molar-refractivity contribution in [1.82, 2.24) is 0 Å². The van der Waals surface area contributed by atoms with Gasteiger partial charge in [-0.25, -0.2) is 0 Å². The Morgan fingerprint density at radius 1 is 1.40 bits per heavy atom. The van der Waals surface area contributed by atoms with Gasteiger partial charge in [-0.15, -0.1) is 0 Å². The van der Waals surface area contributed by atoms with Crippen LogP contribution < -0.4 is 4.74 Å². The van der Waals surface area contributed by atoms with Crippen LogP contribution in [0, 0.1) is 0 Å². The molecule has 0 spiro atoms. The average Bonchev–Trinajstić information content (AvgIpc) is 2.18. The molecule has 15 heavy (non-hydrogen) atoms. The number of ether oxygens (including phenoxy) is 1. The number of methoxy groups -OCH3 is 1. The van der Waals surface area contributed by atoms with E-state index < -0.39 is 11.9 Å². The predicted molar refractivity (Wildman–Crippen MR) is 58.2 cm³/mol. The van der Waals surface area contributed by atoms with Gasteiger partial charge in [0.2, 0.25) is 0 Å². The molecule has 0 bridgehead atoms. The zero-order valence-electron chi connectivity index (χ0n) is 8.86. The first-order valence-electron chi connectivity index (χ1n) is 4.58. The third-order valence-corrected chi connectivity index (χ3v) is 2.19. The highest BCUT2D eigenvalue weighted by atomic mass is 16.5. The number of hydrogen-bond acceptors (Lipinski definition) is 2. The van der Waals surface area contributed by atoms with E-state index in [-0.39, 0.29) is 0 Å². The summed E-state index contributed by atoms with van der Waals surface area (Å²) in [4.78, 5) is 11.0. The maximum Gasteiger partial charge on any atom is 0.315 e. The minimum Gasteiger partial charge on any atom is -0.497 e. The zero-order valence-corrected chi connectivity index (χ0v) is 8.86. The van der Waals surface area contributed by atoms with Crippen LogP contribution in [0.4, 0.5) is 0 Å². The number of rotatable bonds is 4. The number of carbonyl (C=O) groups is 1. The van der Waals surface area contributed by atoms with Crippen molar-refractivity contribution >= 4 is 5.97 Å². The van der Waals surface area contributed by atoms with Crippen LogP contribution in [0.5, 0.6) is 5.75 Å². The van der Waals surface area contributed by atoms with Gasteiger partial charge in [-0.05, 0) is 24.6 Å². The second kappa shape index (κ2) is 4.64. The molecule has 3 heteroatoms. The van der Waals surface area contributed by atoms with Crippen LogP contribution in [-0.4, -0.2) is 18.2 Å². The molecular formula is C12H14O3. The van der Waals surface area contributed by atoms with Gasteiger partial charge in [0.15, 0.2) is 0 Å². The lowest BCUT2D eigenvalue weighted by molar-refractivity contribution is -0.137. The minimum absolute atomic E-state index is 0.618. The second-order valence-electron chi connectivity index (χ2n) is 3.39. The van der Waals surface area contributed by atoms with Gasteiger partial charge in [-0.2, -0.15) is 0 Å². The quantitative estimate of drug-likeness (QED) is 0.769. The summed E-state index contributed by atoms with van der Waals surface area (Å²) in [7, 11) is 1.57. The fourth-order valence-corrected chi connectivity index (χ4v) is 1.43. The summed E-state index contributed by atoms with van der Waals surface area (Å²) in [6, 6.07) is 6.97. The van der Waals surface area contributed by atoms with Gasteiger partial charge < -0.3 is 9.84 Å².